The van der Waals surface area contributed by atoms with Gasteiger partial charge in [-0.2, -0.15) is 0 Å². The van der Waals surface area contributed by atoms with Crippen LogP contribution in [0.4, 0.5) is 0 Å². The molecule has 1 fully saturated rings. The van der Waals surface area contributed by atoms with Gasteiger partial charge in [-0.05, 0) is 0 Å². The zero-order chi connectivity index (χ0) is 8.27. The first kappa shape index (κ1) is 8.23. The van der Waals surface area contributed by atoms with Crippen LogP contribution in [-0.4, -0.2) is 31.8 Å². The van der Waals surface area contributed by atoms with Gasteiger partial charge in [0.1, 0.15) is 12.7 Å². The summed E-state index contributed by atoms with van der Waals surface area (Å²) < 4.78 is 9.61. The summed E-state index contributed by atoms with van der Waals surface area (Å²) in [4.78, 5) is 10.8. The molecule has 4 heteroatoms. The van der Waals surface area contributed by atoms with Crippen molar-refractivity contribution in [2.24, 2.45) is 5.73 Å². The van der Waals surface area contributed by atoms with E-state index in [1.165, 1.54) is 0 Å². The lowest BCUT2D eigenvalue weighted by molar-refractivity contribution is -0.139. The molecule has 0 aromatic carbocycles. The van der Waals surface area contributed by atoms with E-state index in [0.29, 0.717) is 18.8 Å². The highest BCUT2D eigenvalue weighted by Gasteiger charge is 2.24. The zero-order valence-electron chi connectivity index (χ0n) is 6.21. The third-order valence-electron chi connectivity index (χ3n) is 1.34. The topological polar surface area (TPSA) is 64.9 Å². The van der Waals surface area contributed by atoms with Gasteiger partial charge in [0.15, 0.2) is 0 Å². The van der Waals surface area contributed by atoms with E-state index in [1.54, 1.807) is 0 Å². The van der Waals surface area contributed by atoms with Crippen molar-refractivity contribution in [1.29, 1.82) is 0 Å². The van der Waals surface area contributed by atoms with E-state index >= 15 is 0 Å². The molecule has 1 aliphatic rings. The fourth-order valence-corrected chi connectivity index (χ4v) is 0.518. The maximum absolute atomic E-state index is 10.8. The standard InChI is InChI=1S/C7H11NO3/c1-5(2-8)7(9)11-4-6-3-10-6/h6H,1-4,8H2. The van der Waals surface area contributed by atoms with E-state index in [1.807, 2.05) is 0 Å². The Morgan fingerprint density at radius 1 is 1.82 bits per heavy atom. The monoisotopic (exact) mass is 157 g/mol. The molecule has 0 aromatic rings. The molecule has 1 rings (SSSR count). The van der Waals surface area contributed by atoms with E-state index < -0.39 is 5.97 Å². The number of carbonyl (C=O) groups is 1. The quantitative estimate of drug-likeness (QED) is 0.337. The maximum atomic E-state index is 10.8. The van der Waals surface area contributed by atoms with E-state index in [4.69, 9.17) is 15.2 Å². The van der Waals surface area contributed by atoms with Crippen molar-refractivity contribution in [1.82, 2.24) is 0 Å². The second-order valence-corrected chi connectivity index (χ2v) is 2.36. The normalized spacial score (nSPS) is 21.0. The molecule has 1 heterocycles. The van der Waals surface area contributed by atoms with Gasteiger partial charge in [-0.3, -0.25) is 0 Å². The third-order valence-corrected chi connectivity index (χ3v) is 1.34. The van der Waals surface area contributed by atoms with E-state index in [9.17, 15) is 4.79 Å². The Morgan fingerprint density at radius 2 is 2.45 bits per heavy atom. The first-order chi connectivity index (χ1) is 5.24. The summed E-state index contributed by atoms with van der Waals surface area (Å²) in [6.45, 7) is 4.57. The molecule has 2 N–H and O–H groups in total. The highest BCUT2D eigenvalue weighted by atomic mass is 16.6. The van der Waals surface area contributed by atoms with Gasteiger partial charge in [0.2, 0.25) is 0 Å². The van der Waals surface area contributed by atoms with Crippen molar-refractivity contribution in [3.05, 3.63) is 12.2 Å². The van der Waals surface area contributed by atoms with Crippen LogP contribution in [-0.2, 0) is 14.3 Å². The Balaban J connectivity index is 2.13. The van der Waals surface area contributed by atoms with Gasteiger partial charge in [0.25, 0.3) is 0 Å². The van der Waals surface area contributed by atoms with Crippen molar-refractivity contribution < 1.29 is 14.3 Å². The van der Waals surface area contributed by atoms with Crippen LogP contribution in [0.25, 0.3) is 0 Å². The minimum absolute atomic E-state index is 0.101. The molecule has 1 unspecified atom stereocenters. The second-order valence-electron chi connectivity index (χ2n) is 2.36. The van der Waals surface area contributed by atoms with Gasteiger partial charge in [0, 0.05) is 12.1 Å². The smallest absolute Gasteiger partial charge is 0.334 e. The highest BCUT2D eigenvalue weighted by Crippen LogP contribution is 2.09. The molecule has 0 bridgehead atoms. The molecule has 1 aliphatic heterocycles. The van der Waals surface area contributed by atoms with Crippen LogP contribution in [0.2, 0.25) is 0 Å². The molecule has 62 valence electrons. The van der Waals surface area contributed by atoms with Crippen LogP contribution in [0.15, 0.2) is 12.2 Å². The van der Waals surface area contributed by atoms with Crippen molar-refractivity contribution in [3.63, 3.8) is 0 Å². The largest absolute Gasteiger partial charge is 0.459 e. The van der Waals surface area contributed by atoms with Crippen molar-refractivity contribution in [2.75, 3.05) is 19.8 Å². The van der Waals surface area contributed by atoms with Crippen molar-refractivity contribution in [2.45, 2.75) is 6.10 Å². The van der Waals surface area contributed by atoms with Crippen molar-refractivity contribution in [3.8, 4) is 0 Å². The van der Waals surface area contributed by atoms with E-state index in [2.05, 4.69) is 6.58 Å². The van der Waals surface area contributed by atoms with Gasteiger partial charge in [-0.1, -0.05) is 6.58 Å². The molecule has 0 saturated carbocycles. The maximum Gasteiger partial charge on any atom is 0.334 e. The molecule has 4 nitrogen and oxygen atoms in total. The summed E-state index contributed by atoms with van der Waals surface area (Å²) >= 11 is 0. The number of rotatable bonds is 4. The first-order valence-corrected chi connectivity index (χ1v) is 3.40. The van der Waals surface area contributed by atoms with Crippen LogP contribution < -0.4 is 5.73 Å². The zero-order valence-corrected chi connectivity index (χ0v) is 6.21. The summed E-state index contributed by atoms with van der Waals surface area (Å²) in [6.07, 6.45) is 0.101. The molecule has 1 saturated heterocycles. The Kier molecular flexibility index (Phi) is 2.62. The second kappa shape index (κ2) is 3.50. The first-order valence-electron chi connectivity index (χ1n) is 3.40. The Bertz CT molecular complexity index is 175. The van der Waals surface area contributed by atoms with E-state index in [-0.39, 0.29) is 12.6 Å². The molecule has 1 atom stereocenters. The lowest BCUT2D eigenvalue weighted by Crippen LogP contribution is -2.16. The van der Waals surface area contributed by atoms with Gasteiger partial charge < -0.3 is 15.2 Å². The van der Waals surface area contributed by atoms with Gasteiger partial charge in [0.05, 0.1) is 6.61 Å². The SMILES string of the molecule is C=C(CN)C(=O)OCC1CO1. The highest BCUT2D eigenvalue weighted by molar-refractivity contribution is 5.88. The molecule has 0 amide bonds. The summed E-state index contributed by atoms with van der Waals surface area (Å²) in [5.41, 5.74) is 5.46. The minimum atomic E-state index is -0.428. The Hall–Kier alpha value is -0.870. The summed E-state index contributed by atoms with van der Waals surface area (Å²) in [6, 6.07) is 0. The van der Waals surface area contributed by atoms with Crippen LogP contribution in [0, 0.1) is 0 Å². The summed E-state index contributed by atoms with van der Waals surface area (Å²) in [7, 11) is 0. The van der Waals surface area contributed by atoms with Gasteiger partial charge in [-0.25, -0.2) is 4.79 Å². The number of esters is 1. The molecular formula is C7H11NO3. The number of epoxide rings is 1. The average molecular weight is 157 g/mol. The predicted molar refractivity (Wildman–Crippen MR) is 38.9 cm³/mol. The van der Waals surface area contributed by atoms with Crippen LogP contribution in [0.1, 0.15) is 0 Å². The molecular weight excluding hydrogens is 146 g/mol. The Morgan fingerprint density at radius 3 is 2.91 bits per heavy atom. The average Bonchev–Trinajstić information content (AvgIpc) is 2.81. The van der Waals surface area contributed by atoms with Crippen LogP contribution >= 0.6 is 0 Å². The number of nitrogens with two attached hydrogens (primary N) is 1. The van der Waals surface area contributed by atoms with Crippen molar-refractivity contribution >= 4 is 5.97 Å². The number of hydrogen-bond donors (Lipinski definition) is 1. The predicted octanol–water partition coefficient (Wildman–Crippen LogP) is -0.557. The number of ether oxygens (including phenoxy) is 2. The Labute approximate surface area is 65.0 Å². The fourth-order valence-electron chi connectivity index (χ4n) is 0.518. The van der Waals surface area contributed by atoms with E-state index in [0.717, 1.165) is 0 Å². The molecule has 11 heavy (non-hydrogen) atoms. The van der Waals surface area contributed by atoms with Crippen LogP contribution in [0.5, 0.6) is 0 Å². The number of carbonyl (C=O) groups excluding carboxylic acids is 1. The summed E-state index contributed by atoms with van der Waals surface area (Å²) in [5, 5.41) is 0. The fraction of sp³-hybridized carbons (Fsp3) is 0.571. The minimum Gasteiger partial charge on any atom is -0.459 e. The number of hydrogen-bond acceptors (Lipinski definition) is 4. The molecule has 0 aromatic heterocycles. The third kappa shape index (κ3) is 2.69. The lowest BCUT2D eigenvalue weighted by Gasteiger charge is -2.01. The van der Waals surface area contributed by atoms with Gasteiger partial charge in [-0.15, -0.1) is 0 Å². The molecule has 0 spiro atoms. The summed E-state index contributed by atoms with van der Waals surface area (Å²) in [5.74, 6) is -0.428. The van der Waals surface area contributed by atoms with Crippen LogP contribution in [0.3, 0.4) is 0 Å². The van der Waals surface area contributed by atoms with Gasteiger partial charge >= 0.3 is 5.97 Å². The lowest BCUT2D eigenvalue weighted by atomic mass is 10.3. The molecule has 0 aliphatic carbocycles. The molecule has 0 radical (unpaired) electrons.